The van der Waals surface area contributed by atoms with Crippen LogP contribution in [0.2, 0.25) is 5.04 Å². The van der Waals surface area contributed by atoms with Crippen LogP contribution in [0.5, 0.6) is 0 Å². The zero-order valence-corrected chi connectivity index (χ0v) is 23.2. The minimum absolute atomic E-state index is 0.0243. The number of allylic oxidation sites excluding steroid dienone is 1. The third-order valence-electron chi connectivity index (χ3n) is 8.84. The van der Waals surface area contributed by atoms with E-state index >= 15 is 0 Å². The summed E-state index contributed by atoms with van der Waals surface area (Å²) in [5, 5.41) is 2.58. The van der Waals surface area contributed by atoms with Crippen molar-refractivity contribution < 1.29 is 14.0 Å². The standard InChI is InChI=1S/C31H41NO3Si/c1-6-13-22(2)18-19-32-28-26-20-23(29(28)34-30(32)33)21-27(26)35-36(31(3,4)5,24-14-9-7-10-15-24)25-16-11-8-12-17-25/h6-12,14-17,22-23,26-29H,1,13,18-21H2,2-5H3/t22-,23+,26-,27+,28+,29-/m1/s1. The van der Waals surface area contributed by atoms with E-state index in [4.69, 9.17) is 9.16 Å². The first-order valence-corrected chi connectivity index (χ1v) is 15.5. The van der Waals surface area contributed by atoms with E-state index in [-0.39, 0.29) is 29.4 Å². The second kappa shape index (κ2) is 9.83. The molecule has 192 valence electrons. The highest BCUT2D eigenvalue weighted by Crippen LogP contribution is 2.54. The first-order chi connectivity index (χ1) is 17.3. The zero-order valence-electron chi connectivity index (χ0n) is 22.2. The summed E-state index contributed by atoms with van der Waals surface area (Å²) in [6.07, 6.45) is 6.01. The smallest absolute Gasteiger partial charge is 0.410 e. The van der Waals surface area contributed by atoms with Crippen LogP contribution in [-0.4, -0.2) is 44.1 Å². The largest absolute Gasteiger partial charge is 0.444 e. The van der Waals surface area contributed by atoms with Gasteiger partial charge < -0.3 is 14.1 Å². The number of carbonyl (C=O) groups excluding carboxylic acids is 1. The van der Waals surface area contributed by atoms with Gasteiger partial charge in [-0.25, -0.2) is 4.79 Å². The van der Waals surface area contributed by atoms with Crippen molar-refractivity contribution in [2.75, 3.05) is 6.54 Å². The number of carbonyl (C=O) groups is 1. The van der Waals surface area contributed by atoms with Crippen LogP contribution in [0.1, 0.15) is 53.4 Å². The molecule has 2 saturated carbocycles. The molecule has 36 heavy (non-hydrogen) atoms. The third kappa shape index (κ3) is 4.24. The molecular formula is C31H41NO3Si. The number of ether oxygens (including phenoxy) is 1. The van der Waals surface area contributed by atoms with E-state index in [1.165, 1.54) is 10.4 Å². The average molecular weight is 504 g/mol. The van der Waals surface area contributed by atoms with Crippen LogP contribution in [0.25, 0.3) is 0 Å². The Labute approximate surface area is 217 Å². The molecule has 3 aliphatic rings. The highest BCUT2D eigenvalue weighted by molar-refractivity contribution is 6.99. The maximum Gasteiger partial charge on any atom is 0.410 e. The molecule has 4 nitrogen and oxygen atoms in total. The van der Waals surface area contributed by atoms with E-state index in [9.17, 15) is 4.79 Å². The molecule has 1 heterocycles. The molecule has 3 fully saturated rings. The number of benzene rings is 2. The van der Waals surface area contributed by atoms with Gasteiger partial charge in [0.25, 0.3) is 8.32 Å². The summed E-state index contributed by atoms with van der Waals surface area (Å²) in [4.78, 5) is 15.0. The van der Waals surface area contributed by atoms with Crippen LogP contribution in [0.3, 0.4) is 0 Å². The molecule has 5 rings (SSSR count). The lowest BCUT2D eigenvalue weighted by atomic mass is 9.89. The normalized spacial score (nSPS) is 28.2. The molecule has 2 bridgehead atoms. The molecule has 1 saturated heterocycles. The van der Waals surface area contributed by atoms with E-state index in [0.717, 1.165) is 32.2 Å². The third-order valence-corrected chi connectivity index (χ3v) is 13.9. The van der Waals surface area contributed by atoms with Crippen molar-refractivity contribution in [3.05, 3.63) is 73.3 Å². The Bertz CT molecular complexity index is 1030. The Hall–Kier alpha value is -2.37. The molecule has 0 spiro atoms. The van der Waals surface area contributed by atoms with Crippen molar-refractivity contribution in [2.24, 2.45) is 17.8 Å². The minimum atomic E-state index is -2.64. The van der Waals surface area contributed by atoms with Gasteiger partial charge in [0.15, 0.2) is 0 Å². The predicted molar refractivity (Wildman–Crippen MR) is 148 cm³/mol. The van der Waals surface area contributed by atoms with Crippen molar-refractivity contribution >= 4 is 24.8 Å². The maximum atomic E-state index is 12.9. The fourth-order valence-corrected chi connectivity index (χ4v) is 11.9. The quantitative estimate of drug-likeness (QED) is 0.322. The summed E-state index contributed by atoms with van der Waals surface area (Å²) >= 11 is 0. The van der Waals surface area contributed by atoms with Gasteiger partial charge in [-0.3, -0.25) is 0 Å². The first kappa shape index (κ1) is 25.3. The van der Waals surface area contributed by atoms with Crippen LogP contribution in [0, 0.1) is 17.8 Å². The zero-order chi connectivity index (χ0) is 25.5. The SMILES string of the molecule is C=CC[C@@H](C)CCN1C(=O)O[C@@H]2[C@H]3C[C@@H]([C@@H]21)[C@@H](O[Si](c1ccccc1)(c1ccccc1)C(C)(C)C)C3. The molecular weight excluding hydrogens is 462 g/mol. The van der Waals surface area contributed by atoms with Gasteiger partial charge in [0, 0.05) is 18.4 Å². The van der Waals surface area contributed by atoms with Crippen molar-refractivity contribution in [3.63, 3.8) is 0 Å². The Morgan fingerprint density at radius 1 is 1.08 bits per heavy atom. The molecule has 2 aromatic rings. The molecule has 0 unspecified atom stereocenters. The molecule has 0 radical (unpaired) electrons. The second-order valence-corrected chi connectivity index (χ2v) is 16.4. The van der Waals surface area contributed by atoms with Gasteiger partial charge in [0.2, 0.25) is 0 Å². The molecule has 6 atom stereocenters. The first-order valence-electron chi connectivity index (χ1n) is 13.6. The second-order valence-electron chi connectivity index (χ2n) is 12.2. The fourth-order valence-electron chi connectivity index (χ4n) is 7.16. The maximum absolute atomic E-state index is 12.9. The summed E-state index contributed by atoms with van der Waals surface area (Å²) < 4.78 is 13.5. The van der Waals surface area contributed by atoms with Gasteiger partial charge in [-0.2, -0.15) is 0 Å². The van der Waals surface area contributed by atoms with E-state index in [1.54, 1.807) is 0 Å². The van der Waals surface area contributed by atoms with E-state index < -0.39 is 8.32 Å². The Morgan fingerprint density at radius 3 is 2.25 bits per heavy atom. The predicted octanol–water partition coefficient (Wildman–Crippen LogP) is 5.76. The van der Waals surface area contributed by atoms with Crippen molar-refractivity contribution in [1.29, 1.82) is 0 Å². The number of hydrogen-bond donors (Lipinski definition) is 0. The van der Waals surface area contributed by atoms with Crippen LogP contribution in [0.15, 0.2) is 73.3 Å². The molecule has 1 amide bonds. The van der Waals surface area contributed by atoms with Crippen LogP contribution in [0.4, 0.5) is 4.79 Å². The van der Waals surface area contributed by atoms with Gasteiger partial charge in [-0.15, -0.1) is 6.58 Å². The van der Waals surface area contributed by atoms with Gasteiger partial charge >= 0.3 is 6.09 Å². The van der Waals surface area contributed by atoms with E-state index in [0.29, 0.717) is 17.8 Å². The minimum Gasteiger partial charge on any atom is -0.444 e. The summed E-state index contributed by atoms with van der Waals surface area (Å²) in [5.74, 6) is 1.22. The van der Waals surface area contributed by atoms with Crippen LogP contribution >= 0.6 is 0 Å². The van der Waals surface area contributed by atoms with Gasteiger partial charge in [0.05, 0.1) is 12.1 Å². The number of hydrogen-bond acceptors (Lipinski definition) is 3. The summed E-state index contributed by atoms with van der Waals surface area (Å²) in [6, 6.07) is 21.9. The molecule has 0 N–H and O–H groups in total. The van der Waals surface area contributed by atoms with E-state index in [2.05, 4.69) is 94.9 Å². The van der Waals surface area contributed by atoms with Crippen molar-refractivity contribution in [2.45, 2.75) is 76.7 Å². The van der Waals surface area contributed by atoms with Crippen LogP contribution in [-0.2, 0) is 9.16 Å². The number of amides is 1. The summed E-state index contributed by atoms with van der Waals surface area (Å²) in [6.45, 7) is 13.9. The van der Waals surface area contributed by atoms with Crippen molar-refractivity contribution in [1.82, 2.24) is 4.90 Å². The Balaban J connectivity index is 1.47. The topological polar surface area (TPSA) is 38.8 Å². The lowest BCUT2D eigenvalue weighted by Gasteiger charge is -2.47. The van der Waals surface area contributed by atoms with Crippen molar-refractivity contribution in [3.8, 4) is 0 Å². The van der Waals surface area contributed by atoms with Crippen LogP contribution < -0.4 is 10.4 Å². The molecule has 2 aromatic carbocycles. The molecule has 1 aliphatic heterocycles. The van der Waals surface area contributed by atoms with Gasteiger partial charge in [-0.1, -0.05) is 94.4 Å². The summed E-state index contributed by atoms with van der Waals surface area (Å²) in [5.41, 5.74) is 0. The fraction of sp³-hybridized carbons (Fsp3) is 0.516. The van der Waals surface area contributed by atoms with Gasteiger partial charge in [0.1, 0.15) is 6.10 Å². The van der Waals surface area contributed by atoms with Gasteiger partial charge in [-0.05, 0) is 47.0 Å². The number of rotatable bonds is 9. The summed E-state index contributed by atoms with van der Waals surface area (Å²) in [7, 11) is -2.64. The van der Waals surface area contributed by atoms with E-state index in [1.807, 2.05) is 11.0 Å². The Kier molecular flexibility index (Phi) is 6.90. The monoisotopic (exact) mass is 503 g/mol. The molecule has 2 aliphatic carbocycles. The average Bonchev–Trinajstić information content (AvgIpc) is 3.52. The number of fused-ring (bicyclic) bond motifs is 5. The lowest BCUT2D eigenvalue weighted by Crippen LogP contribution is -2.68. The lowest BCUT2D eigenvalue weighted by molar-refractivity contribution is 0.0435. The molecule has 5 heteroatoms. The number of nitrogens with zero attached hydrogens (tertiary/aromatic N) is 1. The molecule has 0 aromatic heterocycles. The Morgan fingerprint density at radius 2 is 1.69 bits per heavy atom. The highest BCUT2D eigenvalue weighted by Gasteiger charge is 2.63. The highest BCUT2D eigenvalue weighted by atomic mass is 28.4.